The number of hydrogen-bond donors (Lipinski definition) is 3. The van der Waals surface area contributed by atoms with E-state index in [9.17, 15) is 9.59 Å². The van der Waals surface area contributed by atoms with Gasteiger partial charge >= 0.3 is 11.7 Å². The van der Waals surface area contributed by atoms with Gasteiger partial charge in [-0.2, -0.15) is 0 Å². The van der Waals surface area contributed by atoms with Gasteiger partial charge in [0.2, 0.25) is 0 Å². The second kappa shape index (κ2) is 6.94. The summed E-state index contributed by atoms with van der Waals surface area (Å²) >= 11 is 0. The number of aromatic nitrogens is 2. The number of carbonyl (C=O) groups is 1. The highest BCUT2D eigenvalue weighted by Crippen LogP contribution is 2.12. The Bertz CT molecular complexity index is 1040. The van der Waals surface area contributed by atoms with E-state index in [1.54, 1.807) is 60.9 Å². The fraction of sp³-hybridized carbons (Fsp3) is 0. The lowest BCUT2D eigenvalue weighted by Gasteiger charge is -2.04. The second-order valence-electron chi connectivity index (χ2n) is 5.54. The van der Waals surface area contributed by atoms with Crippen LogP contribution in [0.4, 0.5) is 0 Å². The molecule has 0 aliphatic rings. The highest BCUT2D eigenvalue weighted by molar-refractivity contribution is 5.95. The number of hydrogen-bond acceptors (Lipinski definition) is 3. The molecule has 0 unspecified atom stereocenters. The first-order valence-electron chi connectivity index (χ1n) is 7.72. The first kappa shape index (κ1) is 17.0. The SMILES string of the molecule is N=C(N)c1ccc(-n2ccn(-c3ccc(/C=C/C(=O)O)cc3)c2=O)cc1. The molecule has 130 valence electrons. The van der Waals surface area contributed by atoms with Gasteiger partial charge in [-0.3, -0.25) is 14.5 Å². The van der Waals surface area contributed by atoms with Crippen molar-refractivity contribution in [3.8, 4) is 11.4 Å². The summed E-state index contributed by atoms with van der Waals surface area (Å²) in [5, 5.41) is 16.1. The van der Waals surface area contributed by atoms with Crippen LogP contribution in [0.2, 0.25) is 0 Å². The predicted octanol–water partition coefficient (Wildman–Crippen LogP) is 2.01. The standard InChI is InChI=1S/C19H16N4O3/c20-18(21)14-4-8-16(9-5-14)23-12-11-22(19(23)26)15-6-1-13(2-7-15)3-10-17(24)25/h1-12H,(H3,20,21)(H,24,25)/b10-3+. The van der Waals surface area contributed by atoms with Crippen LogP contribution in [0.5, 0.6) is 0 Å². The van der Waals surface area contributed by atoms with Crippen molar-refractivity contribution in [1.29, 1.82) is 5.41 Å². The van der Waals surface area contributed by atoms with Crippen molar-refractivity contribution in [1.82, 2.24) is 9.13 Å². The molecule has 26 heavy (non-hydrogen) atoms. The van der Waals surface area contributed by atoms with Crippen LogP contribution in [-0.4, -0.2) is 26.0 Å². The Morgan fingerprint density at radius 3 is 1.92 bits per heavy atom. The Morgan fingerprint density at radius 1 is 0.962 bits per heavy atom. The van der Waals surface area contributed by atoms with Crippen molar-refractivity contribution in [3.05, 3.63) is 88.6 Å². The maximum Gasteiger partial charge on any atom is 0.337 e. The summed E-state index contributed by atoms with van der Waals surface area (Å²) in [6.45, 7) is 0. The Hall–Kier alpha value is -3.87. The minimum atomic E-state index is -1.02. The van der Waals surface area contributed by atoms with E-state index in [-0.39, 0.29) is 11.5 Å². The van der Waals surface area contributed by atoms with Gasteiger partial charge in [0.25, 0.3) is 0 Å². The number of nitrogen functional groups attached to an aromatic ring is 1. The Kier molecular flexibility index (Phi) is 4.53. The van der Waals surface area contributed by atoms with E-state index < -0.39 is 5.97 Å². The average molecular weight is 348 g/mol. The van der Waals surface area contributed by atoms with Crippen LogP contribution >= 0.6 is 0 Å². The molecule has 0 aliphatic heterocycles. The molecule has 3 aromatic rings. The lowest BCUT2D eigenvalue weighted by molar-refractivity contribution is -0.131. The van der Waals surface area contributed by atoms with Gasteiger partial charge in [-0.25, -0.2) is 9.59 Å². The van der Waals surface area contributed by atoms with Crippen LogP contribution < -0.4 is 11.4 Å². The number of nitrogens with zero attached hydrogens (tertiary/aromatic N) is 2. The quantitative estimate of drug-likeness (QED) is 0.372. The summed E-state index contributed by atoms with van der Waals surface area (Å²) in [5.74, 6) is -1.04. The molecule has 0 radical (unpaired) electrons. The number of amidine groups is 1. The lowest BCUT2D eigenvalue weighted by Crippen LogP contribution is -2.21. The van der Waals surface area contributed by atoms with E-state index in [1.165, 1.54) is 15.2 Å². The maximum atomic E-state index is 12.7. The summed E-state index contributed by atoms with van der Waals surface area (Å²) in [4.78, 5) is 23.2. The molecule has 0 saturated heterocycles. The number of imidazole rings is 1. The summed E-state index contributed by atoms with van der Waals surface area (Å²) in [6, 6.07) is 13.8. The molecule has 1 aromatic heterocycles. The van der Waals surface area contributed by atoms with Crippen molar-refractivity contribution in [2.45, 2.75) is 0 Å². The van der Waals surface area contributed by atoms with Gasteiger partial charge in [-0.05, 0) is 48.0 Å². The van der Waals surface area contributed by atoms with E-state index in [1.807, 2.05) is 0 Å². The first-order valence-corrected chi connectivity index (χ1v) is 7.72. The smallest absolute Gasteiger partial charge is 0.337 e. The zero-order chi connectivity index (χ0) is 18.7. The topological polar surface area (TPSA) is 114 Å². The van der Waals surface area contributed by atoms with Gasteiger partial charge in [0.05, 0.1) is 11.4 Å². The van der Waals surface area contributed by atoms with E-state index >= 15 is 0 Å². The zero-order valence-corrected chi connectivity index (χ0v) is 13.7. The summed E-state index contributed by atoms with van der Waals surface area (Å²) in [7, 11) is 0. The van der Waals surface area contributed by atoms with Crippen molar-refractivity contribution in [3.63, 3.8) is 0 Å². The maximum absolute atomic E-state index is 12.7. The molecule has 0 atom stereocenters. The van der Waals surface area contributed by atoms with Crippen LogP contribution in [0, 0.1) is 5.41 Å². The third-order valence-electron chi connectivity index (χ3n) is 3.82. The highest BCUT2D eigenvalue weighted by atomic mass is 16.4. The highest BCUT2D eigenvalue weighted by Gasteiger charge is 2.07. The molecule has 7 heteroatoms. The second-order valence-corrected chi connectivity index (χ2v) is 5.54. The average Bonchev–Trinajstić information content (AvgIpc) is 3.02. The molecule has 0 amide bonds. The lowest BCUT2D eigenvalue weighted by atomic mass is 10.2. The van der Waals surface area contributed by atoms with Gasteiger partial charge in [-0.1, -0.05) is 12.1 Å². The number of aliphatic carboxylic acids is 1. The Morgan fingerprint density at radius 2 is 1.46 bits per heavy atom. The van der Waals surface area contributed by atoms with Crippen LogP contribution in [0.15, 0.2) is 71.8 Å². The van der Waals surface area contributed by atoms with Crippen molar-refractivity contribution in [2.75, 3.05) is 0 Å². The monoisotopic (exact) mass is 348 g/mol. The molecule has 3 rings (SSSR count). The fourth-order valence-corrected chi connectivity index (χ4v) is 2.49. The Balaban J connectivity index is 1.90. The summed E-state index contributed by atoms with van der Waals surface area (Å²) in [6.07, 6.45) is 5.85. The molecular weight excluding hydrogens is 332 g/mol. The third-order valence-corrected chi connectivity index (χ3v) is 3.82. The number of benzene rings is 2. The third kappa shape index (κ3) is 3.46. The van der Waals surface area contributed by atoms with Gasteiger partial charge < -0.3 is 10.8 Å². The van der Waals surface area contributed by atoms with Crippen molar-refractivity contribution in [2.24, 2.45) is 5.73 Å². The zero-order valence-electron chi connectivity index (χ0n) is 13.7. The van der Waals surface area contributed by atoms with Crippen LogP contribution in [-0.2, 0) is 4.79 Å². The van der Waals surface area contributed by atoms with Crippen molar-refractivity contribution < 1.29 is 9.90 Å². The first-order chi connectivity index (χ1) is 12.5. The number of nitrogens with one attached hydrogen (secondary N) is 1. The Labute approximate surface area is 148 Å². The van der Waals surface area contributed by atoms with Crippen molar-refractivity contribution >= 4 is 17.9 Å². The van der Waals surface area contributed by atoms with Crippen LogP contribution in [0.3, 0.4) is 0 Å². The van der Waals surface area contributed by atoms with Crippen LogP contribution in [0.25, 0.3) is 17.5 Å². The molecule has 4 N–H and O–H groups in total. The van der Waals surface area contributed by atoms with E-state index in [0.717, 1.165) is 11.6 Å². The van der Waals surface area contributed by atoms with Gasteiger partial charge in [0, 0.05) is 24.0 Å². The van der Waals surface area contributed by atoms with Crippen LogP contribution in [0.1, 0.15) is 11.1 Å². The van der Waals surface area contributed by atoms with Gasteiger partial charge in [0.1, 0.15) is 5.84 Å². The minimum Gasteiger partial charge on any atom is -0.478 e. The van der Waals surface area contributed by atoms with Gasteiger partial charge in [-0.15, -0.1) is 0 Å². The number of rotatable bonds is 5. The predicted molar refractivity (Wildman–Crippen MR) is 99.1 cm³/mol. The number of carboxylic acids is 1. The largest absolute Gasteiger partial charge is 0.478 e. The normalized spacial score (nSPS) is 10.9. The molecule has 0 aliphatic carbocycles. The molecule has 0 bridgehead atoms. The molecule has 1 heterocycles. The molecule has 2 aromatic carbocycles. The van der Waals surface area contributed by atoms with E-state index in [4.69, 9.17) is 16.2 Å². The summed E-state index contributed by atoms with van der Waals surface area (Å²) < 4.78 is 2.98. The number of carboxylic acid groups (broad SMARTS) is 1. The molecule has 7 nitrogen and oxygen atoms in total. The van der Waals surface area contributed by atoms with E-state index in [2.05, 4.69) is 0 Å². The molecule has 0 fully saturated rings. The number of nitrogens with two attached hydrogens (primary N) is 1. The molecular formula is C19H16N4O3. The molecule has 0 spiro atoms. The molecule has 0 saturated carbocycles. The van der Waals surface area contributed by atoms with E-state index in [0.29, 0.717) is 16.9 Å². The summed E-state index contributed by atoms with van der Waals surface area (Å²) in [5.41, 5.74) is 7.84. The van der Waals surface area contributed by atoms with Gasteiger partial charge in [0.15, 0.2) is 0 Å². The minimum absolute atomic E-state index is 0.0292. The fourth-order valence-electron chi connectivity index (χ4n) is 2.49.